The first kappa shape index (κ1) is 19.6. The van der Waals surface area contributed by atoms with E-state index in [1.807, 2.05) is 30.3 Å². The first-order valence-electron chi connectivity index (χ1n) is 8.99. The highest BCUT2D eigenvalue weighted by atomic mass is 32.2. The van der Waals surface area contributed by atoms with E-state index in [1.54, 1.807) is 18.2 Å². The van der Waals surface area contributed by atoms with Gasteiger partial charge in [-0.25, -0.2) is 18.1 Å². The molecule has 0 fully saturated rings. The van der Waals surface area contributed by atoms with Gasteiger partial charge >= 0.3 is 0 Å². The first-order chi connectivity index (χ1) is 14.5. The normalized spacial score (nSPS) is 11.5. The molecule has 0 unspecified atom stereocenters. The van der Waals surface area contributed by atoms with Crippen LogP contribution >= 0.6 is 0 Å². The van der Waals surface area contributed by atoms with Gasteiger partial charge in [-0.1, -0.05) is 48.5 Å². The van der Waals surface area contributed by atoms with Crippen LogP contribution < -0.4 is 16.0 Å². The smallest absolute Gasteiger partial charge is 0.252 e. The van der Waals surface area contributed by atoms with Gasteiger partial charge in [-0.3, -0.25) is 9.78 Å². The zero-order chi connectivity index (χ0) is 21.1. The van der Waals surface area contributed by atoms with Gasteiger partial charge in [0, 0.05) is 29.9 Å². The third-order valence-corrected chi connectivity index (χ3v) is 5.84. The van der Waals surface area contributed by atoms with Gasteiger partial charge in [0.2, 0.25) is 16.0 Å². The third kappa shape index (κ3) is 3.86. The van der Waals surface area contributed by atoms with Crippen molar-refractivity contribution in [2.45, 2.75) is 11.4 Å². The molecule has 2 aromatic carbocycles. The maximum Gasteiger partial charge on any atom is 0.252 e. The van der Waals surface area contributed by atoms with E-state index in [-0.39, 0.29) is 28.8 Å². The quantitative estimate of drug-likeness (QED) is 0.433. The summed E-state index contributed by atoms with van der Waals surface area (Å²) in [5.41, 5.74) is 7.63. The van der Waals surface area contributed by atoms with Crippen molar-refractivity contribution in [1.82, 2.24) is 24.5 Å². The molecule has 0 spiro atoms. The molecule has 0 amide bonds. The van der Waals surface area contributed by atoms with E-state index < -0.39 is 10.0 Å². The van der Waals surface area contributed by atoms with Crippen molar-refractivity contribution in [2.75, 3.05) is 5.73 Å². The van der Waals surface area contributed by atoms with Crippen LogP contribution in [0.4, 0.5) is 5.82 Å². The summed E-state index contributed by atoms with van der Waals surface area (Å²) in [5, 5.41) is 4.49. The Bertz CT molecular complexity index is 1330. The lowest BCUT2D eigenvalue weighted by Crippen LogP contribution is -2.24. The molecule has 4 aromatic rings. The number of benzene rings is 2. The van der Waals surface area contributed by atoms with Crippen molar-refractivity contribution < 1.29 is 8.42 Å². The predicted octanol–water partition coefficient (Wildman–Crippen LogP) is 1.68. The van der Waals surface area contributed by atoms with Crippen molar-refractivity contribution in [3.8, 4) is 17.2 Å². The molecule has 152 valence electrons. The molecule has 0 saturated heterocycles. The molecule has 0 aliphatic carbocycles. The van der Waals surface area contributed by atoms with Crippen LogP contribution in [0, 0.1) is 0 Å². The monoisotopic (exact) mass is 422 g/mol. The number of nitrogen functional groups attached to an aromatic ring is 1. The lowest BCUT2D eigenvalue weighted by molar-refractivity contribution is 0.581. The summed E-state index contributed by atoms with van der Waals surface area (Å²) in [5.74, 6) is 0.299. The lowest BCUT2D eigenvalue weighted by Gasteiger charge is -2.08. The molecule has 30 heavy (non-hydrogen) atoms. The number of rotatable bonds is 6. The minimum atomic E-state index is -3.75. The Morgan fingerprint density at radius 3 is 2.33 bits per heavy atom. The topological polar surface area (TPSA) is 136 Å². The Hall–Kier alpha value is -3.76. The highest BCUT2D eigenvalue weighted by Gasteiger charge is 2.22. The van der Waals surface area contributed by atoms with E-state index in [0.717, 1.165) is 5.56 Å². The molecule has 10 heteroatoms. The molecular weight excluding hydrogens is 404 g/mol. The third-order valence-electron chi connectivity index (χ3n) is 4.42. The Morgan fingerprint density at radius 2 is 1.67 bits per heavy atom. The SMILES string of the molecule is Nc1c(CNS(=O)(=O)c2ccccc2)c(-c2ccccc2)nn1-c1nccc(=O)[nH]1. The largest absolute Gasteiger partial charge is 0.383 e. The van der Waals surface area contributed by atoms with Crippen LogP contribution in [0.3, 0.4) is 0 Å². The molecule has 0 aliphatic heterocycles. The molecule has 0 aliphatic rings. The molecule has 0 saturated carbocycles. The van der Waals surface area contributed by atoms with Gasteiger partial charge in [-0.15, -0.1) is 0 Å². The van der Waals surface area contributed by atoms with Crippen molar-refractivity contribution in [3.63, 3.8) is 0 Å². The second-order valence-electron chi connectivity index (χ2n) is 6.39. The van der Waals surface area contributed by atoms with E-state index in [9.17, 15) is 13.2 Å². The number of sulfonamides is 1. The van der Waals surface area contributed by atoms with Gasteiger partial charge in [0.15, 0.2) is 0 Å². The summed E-state index contributed by atoms with van der Waals surface area (Å²) >= 11 is 0. The average Bonchev–Trinajstić information content (AvgIpc) is 3.10. The van der Waals surface area contributed by atoms with E-state index >= 15 is 0 Å². The standard InChI is InChI=1S/C20H18N6O3S/c21-19-16(13-23-30(28,29)15-9-5-2-6-10-15)18(14-7-3-1-4-8-14)25-26(19)20-22-12-11-17(27)24-20/h1-12,23H,13,21H2,(H,22,24,27). The Labute approximate surface area is 172 Å². The summed E-state index contributed by atoms with van der Waals surface area (Å²) in [6.07, 6.45) is 1.34. The predicted molar refractivity (Wildman–Crippen MR) is 112 cm³/mol. The summed E-state index contributed by atoms with van der Waals surface area (Å²) in [4.78, 5) is 18.5. The number of aromatic nitrogens is 4. The van der Waals surface area contributed by atoms with Crippen LogP contribution in [0.25, 0.3) is 17.2 Å². The maximum atomic E-state index is 12.6. The van der Waals surface area contributed by atoms with E-state index in [2.05, 4.69) is 19.8 Å². The number of hydrogen-bond donors (Lipinski definition) is 3. The second-order valence-corrected chi connectivity index (χ2v) is 8.15. The summed E-state index contributed by atoms with van der Waals surface area (Å²) < 4.78 is 29.1. The zero-order valence-corrected chi connectivity index (χ0v) is 16.5. The molecule has 2 aromatic heterocycles. The number of nitrogens with zero attached hydrogens (tertiary/aromatic N) is 3. The molecule has 0 bridgehead atoms. The van der Waals surface area contributed by atoms with Crippen LogP contribution in [0.5, 0.6) is 0 Å². The number of anilines is 1. The molecule has 0 radical (unpaired) electrons. The van der Waals surface area contributed by atoms with E-state index in [4.69, 9.17) is 5.73 Å². The molecule has 4 N–H and O–H groups in total. The van der Waals surface area contributed by atoms with Gasteiger partial charge in [-0.05, 0) is 12.1 Å². The molecule has 0 atom stereocenters. The molecule has 9 nitrogen and oxygen atoms in total. The number of H-pyrrole nitrogens is 1. The minimum absolute atomic E-state index is 0.0929. The molecular formula is C20H18N6O3S. The van der Waals surface area contributed by atoms with Crippen molar-refractivity contribution in [3.05, 3.63) is 88.8 Å². The van der Waals surface area contributed by atoms with E-state index in [1.165, 1.54) is 29.1 Å². The van der Waals surface area contributed by atoms with Crippen molar-refractivity contribution in [1.29, 1.82) is 0 Å². The Kier molecular flexibility index (Phi) is 5.17. The van der Waals surface area contributed by atoms with Crippen molar-refractivity contribution >= 4 is 15.8 Å². The van der Waals surface area contributed by atoms with Gasteiger partial charge in [0.05, 0.1) is 10.6 Å². The summed E-state index contributed by atoms with van der Waals surface area (Å²) in [6.45, 7) is -0.0929. The summed E-state index contributed by atoms with van der Waals surface area (Å²) in [7, 11) is -3.75. The Balaban J connectivity index is 1.77. The van der Waals surface area contributed by atoms with Gasteiger partial charge in [-0.2, -0.15) is 9.78 Å². The van der Waals surface area contributed by atoms with Crippen LogP contribution in [-0.4, -0.2) is 28.2 Å². The maximum absolute atomic E-state index is 12.6. The van der Waals surface area contributed by atoms with Crippen LogP contribution in [0.1, 0.15) is 5.56 Å². The lowest BCUT2D eigenvalue weighted by atomic mass is 10.1. The van der Waals surface area contributed by atoms with Gasteiger partial charge < -0.3 is 5.73 Å². The minimum Gasteiger partial charge on any atom is -0.383 e. The van der Waals surface area contributed by atoms with E-state index in [0.29, 0.717) is 11.3 Å². The van der Waals surface area contributed by atoms with Crippen LogP contribution in [0.2, 0.25) is 0 Å². The summed E-state index contributed by atoms with van der Waals surface area (Å²) in [6, 6.07) is 18.5. The average molecular weight is 422 g/mol. The van der Waals surface area contributed by atoms with Gasteiger partial charge in [0.1, 0.15) is 5.82 Å². The fraction of sp³-hybridized carbons (Fsp3) is 0.0500. The number of nitrogens with one attached hydrogen (secondary N) is 2. The fourth-order valence-electron chi connectivity index (χ4n) is 2.94. The highest BCUT2D eigenvalue weighted by molar-refractivity contribution is 7.89. The van der Waals surface area contributed by atoms with Crippen LogP contribution in [-0.2, 0) is 16.6 Å². The number of hydrogen-bond acceptors (Lipinski definition) is 6. The highest BCUT2D eigenvalue weighted by Crippen LogP contribution is 2.28. The number of aromatic amines is 1. The molecule has 4 rings (SSSR count). The fourth-order valence-corrected chi connectivity index (χ4v) is 3.96. The number of nitrogens with two attached hydrogens (primary N) is 1. The van der Waals surface area contributed by atoms with Gasteiger partial charge in [0.25, 0.3) is 5.56 Å². The zero-order valence-electron chi connectivity index (χ0n) is 15.7. The second kappa shape index (κ2) is 7.93. The first-order valence-corrected chi connectivity index (χ1v) is 10.5. The van der Waals surface area contributed by atoms with Crippen LogP contribution in [0.15, 0.2) is 82.6 Å². The van der Waals surface area contributed by atoms with Crippen molar-refractivity contribution in [2.24, 2.45) is 0 Å². The Morgan fingerprint density at radius 1 is 1.00 bits per heavy atom. The molecule has 2 heterocycles.